The van der Waals surface area contributed by atoms with Crippen LogP contribution >= 0.6 is 0 Å². The van der Waals surface area contributed by atoms with E-state index in [1.807, 2.05) is 45.3 Å². The minimum absolute atomic E-state index is 0.0686. The predicted molar refractivity (Wildman–Crippen MR) is 135 cm³/mol. The highest BCUT2D eigenvalue weighted by Gasteiger charge is 2.29. The van der Waals surface area contributed by atoms with E-state index in [9.17, 15) is 4.79 Å². The van der Waals surface area contributed by atoms with Crippen molar-refractivity contribution in [3.8, 4) is 5.82 Å². The fourth-order valence-corrected chi connectivity index (χ4v) is 4.26. The summed E-state index contributed by atoms with van der Waals surface area (Å²) in [4.78, 5) is 24.7. The van der Waals surface area contributed by atoms with E-state index >= 15 is 0 Å². The Morgan fingerprint density at radius 3 is 2.62 bits per heavy atom. The Kier molecular flexibility index (Phi) is 6.01. The molecular formula is C27H30N6O. The first-order chi connectivity index (χ1) is 16.5. The lowest BCUT2D eigenvalue weighted by molar-refractivity contribution is 0.0954. The van der Waals surface area contributed by atoms with E-state index in [-0.39, 0.29) is 5.91 Å². The van der Waals surface area contributed by atoms with E-state index in [0.29, 0.717) is 29.5 Å². The Bertz CT molecular complexity index is 1310. The molecule has 3 heterocycles. The summed E-state index contributed by atoms with van der Waals surface area (Å²) in [5.74, 6) is 1.06. The number of carbonyl (C=O) groups excluding carboxylic acids is 1. The Labute approximate surface area is 199 Å². The maximum absolute atomic E-state index is 13.3. The van der Waals surface area contributed by atoms with E-state index < -0.39 is 0 Å². The molecule has 34 heavy (non-hydrogen) atoms. The van der Waals surface area contributed by atoms with Crippen LogP contribution < -0.4 is 10.2 Å². The number of hydrogen-bond acceptors (Lipinski definition) is 5. The minimum atomic E-state index is -0.0686. The van der Waals surface area contributed by atoms with Crippen molar-refractivity contribution < 1.29 is 4.79 Å². The van der Waals surface area contributed by atoms with Crippen molar-refractivity contribution in [2.24, 2.45) is 0 Å². The lowest BCUT2D eigenvalue weighted by Crippen LogP contribution is -2.25. The molecule has 5 rings (SSSR count). The molecule has 1 N–H and O–H groups in total. The van der Waals surface area contributed by atoms with Crippen LogP contribution in [0.15, 0.2) is 54.7 Å². The van der Waals surface area contributed by atoms with Gasteiger partial charge in [-0.1, -0.05) is 18.2 Å². The van der Waals surface area contributed by atoms with Gasteiger partial charge in [-0.15, -0.1) is 0 Å². The van der Waals surface area contributed by atoms with Crippen LogP contribution in [0.2, 0.25) is 0 Å². The summed E-state index contributed by atoms with van der Waals surface area (Å²) in [6.07, 6.45) is 5.77. The molecule has 7 nitrogen and oxygen atoms in total. The van der Waals surface area contributed by atoms with Crippen LogP contribution in [0.25, 0.3) is 16.9 Å². The van der Waals surface area contributed by atoms with Gasteiger partial charge in [0, 0.05) is 44.1 Å². The average molecular weight is 455 g/mol. The zero-order valence-electron chi connectivity index (χ0n) is 20.0. The van der Waals surface area contributed by atoms with E-state index in [0.717, 1.165) is 42.5 Å². The lowest BCUT2D eigenvalue weighted by Gasteiger charge is -2.13. The highest BCUT2D eigenvalue weighted by atomic mass is 16.1. The first-order valence-electron chi connectivity index (χ1n) is 11.9. The van der Waals surface area contributed by atoms with Crippen LogP contribution in [0.3, 0.4) is 0 Å². The Morgan fingerprint density at radius 2 is 1.94 bits per heavy atom. The topological polar surface area (TPSA) is 75.9 Å². The predicted octanol–water partition coefficient (Wildman–Crippen LogP) is 4.43. The summed E-state index contributed by atoms with van der Waals surface area (Å²) >= 11 is 0. The first kappa shape index (κ1) is 22.1. The molecule has 0 radical (unpaired) electrons. The van der Waals surface area contributed by atoms with Crippen LogP contribution in [-0.4, -0.2) is 46.3 Å². The molecule has 1 amide bonds. The number of anilines is 1. The maximum Gasteiger partial charge on any atom is 0.252 e. The molecule has 1 aliphatic rings. The van der Waals surface area contributed by atoms with Crippen molar-refractivity contribution in [1.29, 1.82) is 0 Å². The molecule has 0 bridgehead atoms. The number of carbonyl (C=O) groups is 1. The van der Waals surface area contributed by atoms with Crippen molar-refractivity contribution in [2.45, 2.75) is 38.5 Å². The normalized spacial score (nSPS) is 13.3. The van der Waals surface area contributed by atoms with Crippen molar-refractivity contribution >= 4 is 22.6 Å². The molecule has 1 aliphatic carbocycles. The molecule has 1 aromatic carbocycles. The monoisotopic (exact) mass is 454 g/mol. The average Bonchev–Trinajstić information content (AvgIpc) is 3.65. The number of amides is 1. The van der Waals surface area contributed by atoms with Crippen LogP contribution in [0.5, 0.6) is 0 Å². The van der Waals surface area contributed by atoms with Gasteiger partial charge in [0.25, 0.3) is 5.91 Å². The second-order valence-electron chi connectivity index (χ2n) is 9.17. The third-order valence-corrected chi connectivity index (χ3v) is 6.32. The molecule has 0 atom stereocenters. The lowest BCUT2D eigenvalue weighted by atomic mass is 10.1. The number of hydrogen-bond donors (Lipinski definition) is 1. The van der Waals surface area contributed by atoms with Gasteiger partial charge in [-0.3, -0.25) is 4.79 Å². The Hall–Kier alpha value is -3.74. The zero-order valence-corrected chi connectivity index (χ0v) is 20.0. The fraction of sp³-hybridized carbons (Fsp3) is 0.333. The standard InChI is InChI=1S/C27H30N6O/c1-18-25-22(27(34)29-16-6-7-19-9-13-21(14-10-19)32(2)3)17-23(20-11-12-20)30-26(25)33(31-18)24-8-4-5-15-28-24/h4-5,8-10,13-15,17,20H,6-7,11-12,16H2,1-3H3,(H,29,34). The van der Waals surface area contributed by atoms with Gasteiger partial charge in [-0.25, -0.2) is 9.97 Å². The van der Waals surface area contributed by atoms with Crippen LogP contribution in [0, 0.1) is 6.92 Å². The quantitative estimate of drug-likeness (QED) is 0.399. The number of benzene rings is 1. The number of nitrogens with zero attached hydrogens (tertiary/aromatic N) is 5. The van der Waals surface area contributed by atoms with Gasteiger partial charge < -0.3 is 10.2 Å². The van der Waals surface area contributed by atoms with Crippen molar-refractivity contribution in [3.63, 3.8) is 0 Å². The SMILES string of the molecule is Cc1nn(-c2ccccn2)c2nc(C3CC3)cc(C(=O)NCCCc3ccc(N(C)C)cc3)c12. The summed E-state index contributed by atoms with van der Waals surface area (Å²) in [6, 6.07) is 16.2. The van der Waals surface area contributed by atoms with Gasteiger partial charge in [0.2, 0.25) is 0 Å². The third-order valence-electron chi connectivity index (χ3n) is 6.32. The molecule has 1 fully saturated rings. The molecule has 0 aliphatic heterocycles. The van der Waals surface area contributed by atoms with Gasteiger partial charge in [0.05, 0.1) is 16.6 Å². The smallest absolute Gasteiger partial charge is 0.252 e. The molecule has 0 unspecified atom stereocenters. The molecule has 174 valence electrons. The number of rotatable bonds is 8. The number of aryl methyl sites for hydroxylation is 2. The summed E-state index contributed by atoms with van der Waals surface area (Å²) < 4.78 is 1.75. The number of nitrogens with one attached hydrogen (secondary N) is 1. The van der Waals surface area contributed by atoms with E-state index in [2.05, 4.69) is 44.6 Å². The molecule has 0 spiro atoms. The number of pyridine rings is 2. The first-order valence-corrected chi connectivity index (χ1v) is 11.9. The highest BCUT2D eigenvalue weighted by Crippen LogP contribution is 2.40. The maximum atomic E-state index is 13.3. The van der Waals surface area contributed by atoms with Gasteiger partial charge >= 0.3 is 0 Å². The number of fused-ring (bicyclic) bond motifs is 1. The molecular weight excluding hydrogens is 424 g/mol. The van der Waals surface area contributed by atoms with Crippen LogP contribution in [0.1, 0.15) is 52.5 Å². The fourth-order valence-electron chi connectivity index (χ4n) is 4.26. The minimum Gasteiger partial charge on any atom is -0.378 e. The summed E-state index contributed by atoms with van der Waals surface area (Å²) in [5.41, 5.74) is 5.56. The van der Waals surface area contributed by atoms with Crippen molar-refractivity contribution in [3.05, 3.63) is 77.2 Å². The Balaban J connectivity index is 1.35. The van der Waals surface area contributed by atoms with Gasteiger partial charge in [0.1, 0.15) is 0 Å². The van der Waals surface area contributed by atoms with Gasteiger partial charge in [0.15, 0.2) is 11.5 Å². The van der Waals surface area contributed by atoms with E-state index in [1.54, 1.807) is 10.9 Å². The molecule has 0 saturated heterocycles. The second kappa shape index (κ2) is 9.25. The van der Waals surface area contributed by atoms with E-state index in [1.165, 1.54) is 11.3 Å². The number of aromatic nitrogens is 4. The van der Waals surface area contributed by atoms with Crippen molar-refractivity contribution in [1.82, 2.24) is 25.1 Å². The molecule has 3 aromatic heterocycles. The van der Waals surface area contributed by atoms with Crippen LogP contribution in [-0.2, 0) is 6.42 Å². The van der Waals surface area contributed by atoms with E-state index in [4.69, 9.17) is 4.98 Å². The second-order valence-corrected chi connectivity index (χ2v) is 9.17. The van der Waals surface area contributed by atoms with Gasteiger partial charge in [-0.2, -0.15) is 9.78 Å². The summed E-state index contributed by atoms with van der Waals surface area (Å²) in [5, 5.41) is 8.61. The summed E-state index contributed by atoms with van der Waals surface area (Å²) in [6.45, 7) is 2.54. The largest absolute Gasteiger partial charge is 0.378 e. The Morgan fingerprint density at radius 1 is 1.15 bits per heavy atom. The third kappa shape index (κ3) is 4.51. The zero-order chi connectivity index (χ0) is 23.7. The van der Waals surface area contributed by atoms with Gasteiger partial charge in [-0.05, 0) is 68.5 Å². The summed E-state index contributed by atoms with van der Waals surface area (Å²) in [7, 11) is 4.08. The molecule has 4 aromatic rings. The van der Waals surface area contributed by atoms with Crippen LogP contribution in [0.4, 0.5) is 5.69 Å². The molecule has 1 saturated carbocycles. The molecule has 7 heteroatoms. The van der Waals surface area contributed by atoms with Crippen molar-refractivity contribution in [2.75, 3.05) is 25.5 Å². The highest BCUT2D eigenvalue weighted by molar-refractivity contribution is 6.06.